The fourth-order valence-electron chi connectivity index (χ4n) is 2.64. The summed E-state index contributed by atoms with van der Waals surface area (Å²) in [6, 6.07) is 7.55. The highest BCUT2D eigenvalue weighted by atomic mass is 32.2. The van der Waals surface area contributed by atoms with Gasteiger partial charge in [-0.1, -0.05) is 30.8 Å². The summed E-state index contributed by atoms with van der Waals surface area (Å²) in [5, 5.41) is 19.8. The Morgan fingerprint density at radius 2 is 2.00 bits per heavy atom. The smallest absolute Gasteiger partial charge is 0.262 e. The molecule has 24 heavy (non-hydrogen) atoms. The fourth-order valence-corrected chi connectivity index (χ4v) is 3.84. The van der Waals surface area contributed by atoms with Gasteiger partial charge in [-0.3, -0.25) is 13.8 Å². The van der Waals surface area contributed by atoms with E-state index < -0.39 is 5.60 Å². The van der Waals surface area contributed by atoms with Crippen LogP contribution in [0.4, 0.5) is 0 Å². The molecule has 128 valence electrons. The Kier molecular flexibility index (Phi) is 4.64. The zero-order valence-corrected chi connectivity index (χ0v) is 15.0. The Hall–Kier alpha value is -1.86. The van der Waals surface area contributed by atoms with Crippen LogP contribution >= 0.6 is 11.8 Å². The van der Waals surface area contributed by atoms with Gasteiger partial charge in [0, 0.05) is 12.3 Å². The second-order valence-corrected chi connectivity index (χ2v) is 7.56. The van der Waals surface area contributed by atoms with Gasteiger partial charge in [0.2, 0.25) is 5.78 Å². The summed E-state index contributed by atoms with van der Waals surface area (Å²) in [6.07, 6.45) is 1.50. The van der Waals surface area contributed by atoms with Crippen molar-refractivity contribution in [2.45, 2.75) is 50.9 Å². The third-order valence-electron chi connectivity index (χ3n) is 3.87. The summed E-state index contributed by atoms with van der Waals surface area (Å²) in [5.74, 6) is 1.30. The van der Waals surface area contributed by atoms with Gasteiger partial charge in [-0.05, 0) is 38.8 Å². The Morgan fingerprint density at radius 3 is 2.71 bits per heavy atom. The number of benzene rings is 1. The van der Waals surface area contributed by atoms with Crippen molar-refractivity contribution in [3.8, 4) is 0 Å². The van der Waals surface area contributed by atoms with Crippen LogP contribution in [0.1, 0.15) is 33.6 Å². The first-order chi connectivity index (χ1) is 11.4. The van der Waals surface area contributed by atoms with Crippen LogP contribution in [0.25, 0.3) is 16.7 Å². The molecule has 0 bridgehead atoms. The number of hydrogen-bond donors (Lipinski definition) is 1. The molecular formula is C17H22N4O2S. The highest BCUT2D eigenvalue weighted by molar-refractivity contribution is 7.99. The van der Waals surface area contributed by atoms with Crippen molar-refractivity contribution in [3.63, 3.8) is 0 Å². The summed E-state index contributed by atoms with van der Waals surface area (Å²) in [7, 11) is 0. The van der Waals surface area contributed by atoms with E-state index in [9.17, 15) is 9.90 Å². The minimum Gasteiger partial charge on any atom is -0.390 e. The number of aryl methyl sites for hydroxylation is 1. The van der Waals surface area contributed by atoms with Gasteiger partial charge in [0.1, 0.15) is 0 Å². The number of thioether (sulfide) groups is 1. The van der Waals surface area contributed by atoms with E-state index in [4.69, 9.17) is 0 Å². The first kappa shape index (κ1) is 17.0. The van der Waals surface area contributed by atoms with Gasteiger partial charge in [0.05, 0.1) is 16.5 Å². The highest BCUT2D eigenvalue weighted by Gasteiger charge is 2.18. The molecule has 0 spiro atoms. The molecule has 0 atom stereocenters. The van der Waals surface area contributed by atoms with Crippen molar-refractivity contribution >= 4 is 28.4 Å². The number of aromatic nitrogens is 4. The number of para-hydroxylation sites is 1. The van der Waals surface area contributed by atoms with Crippen LogP contribution in [0.3, 0.4) is 0 Å². The van der Waals surface area contributed by atoms with Crippen LogP contribution in [-0.4, -0.2) is 35.6 Å². The molecule has 0 amide bonds. The van der Waals surface area contributed by atoms with Crippen molar-refractivity contribution in [2.24, 2.45) is 0 Å². The summed E-state index contributed by atoms with van der Waals surface area (Å²) >= 11 is 1.54. The number of fused-ring (bicyclic) bond motifs is 3. The zero-order valence-electron chi connectivity index (χ0n) is 14.2. The van der Waals surface area contributed by atoms with Crippen LogP contribution in [0, 0.1) is 0 Å². The Morgan fingerprint density at radius 1 is 1.25 bits per heavy atom. The lowest BCUT2D eigenvalue weighted by Gasteiger charge is -2.15. The Labute approximate surface area is 144 Å². The summed E-state index contributed by atoms with van der Waals surface area (Å²) in [4.78, 5) is 12.7. The minimum atomic E-state index is -0.708. The van der Waals surface area contributed by atoms with E-state index in [0.717, 1.165) is 22.8 Å². The number of aliphatic hydroxyl groups is 1. The first-order valence-electron chi connectivity index (χ1n) is 8.14. The van der Waals surface area contributed by atoms with Gasteiger partial charge in [0.25, 0.3) is 5.56 Å². The zero-order chi connectivity index (χ0) is 17.3. The van der Waals surface area contributed by atoms with E-state index in [1.54, 1.807) is 30.2 Å². The van der Waals surface area contributed by atoms with Crippen LogP contribution in [0.5, 0.6) is 0 Å². The maximum atomic E-state index is 12.7. The molecule has 1 N–H and O–H groups in total. The fraction of sp³-hybridized carbons (Fsp3) is 0.471. The van der Waals surface area contributed by atoms with E-state index in [1.807, 2.05) is 35.6 Å². The van der Waals surface area contributed by atoms with E-state index >= 15 is 0 Å². The quantitative estimate of drug-likeness (QED) is 0.695. The van der Waals surface area contributed by atoms with E-state index in [0.29, 0.717) is 24.1 Å². The van der Waals surface area contributed by atoms with E-state index in [-0.39, 0.29) is 5.56 Å². The molecule has 0 fully saturated rings. The summed E-state index contributed by atoms with van der Waals surface area (Å²) < 4.78 is 3.64. The molecule has 7 heteroatoms. The van der Waals surface area contributed by atoms with Gasteiger partial charge in [0.15, 0.2) is 5.16 Å². The average Bonchev–Trinajstić information content (AvgIpc) is 2.94. The molecule has 6 nitrogen and oxygen atoms in total. The second-order valence-electron chi connectivity index (χ2n) is 6.50. The van der Waals surface area contributed by atoms with Crippen LogP contribution < -0.4 is 5.56 Å². The predicted molar refractivity (Wildman–Crippen MR) is 96.7 cm³/mol. The molecule has 0 aliphatic carbocycles. The molecule has 3 aromatic rings. The third-order valence-corrected chi connectivity index (χ3v) is 4.80. The average molecular weight is 346 g/mol. The standard InChI is InChI=1S/C17H22N4O2S/c1-4-10-20-14(22)12-7-5-6-8-13(12)21-15(20)18-19-16(21)24-11-9-17(2,3)23/h5-8,23H,4,9-11H2,1-3H3. The highest BCUT2D eigenvalue weighted by Crippen LogP contribution is 2.23. The van der Waals surface area contributed by atoms with Crippen molar-refractivity contribution in [1.82, 2.24) is 19.2 Å². The van der Waals surface area contributed by atoms with Crippen LogP contribution in [0.15, 0.2) is 34.2 Å². The molecule has 0 unspecified atom stereocenters. The molecule has 0 radical (unpaired) electrons. The topological polar surface area (TPSA) is 72.4 Å². The molecule has 1 aromatic carbocycles. The second kappa shape index (κ2) is 6.57. The lowest BCUT2D eigenvalue weighted by Crippen LogP contribution is -2.23. The summed E-state index contributed by atoms with van der Waals surface area (Å²) in [5.41, 5.74) is 0.0841. The van der Waals surface area contributed by atoms with Crippen molar-refractivity contribution < 1.29 is 5.11 Å². The molecule has 2 heterocycles. The molecule has 0 aliphatic heterocycles. The maximum absolute atomic E-state index is 12.7. The van der Waals surface area contributed by atoms with Gasteiger partial charge in [-0.2, -0.15) is 0 Å². The largest absolute Gasteiger partial charge is 0.390 e. The Balaban J connectivity index is 2.14. The molecule has 0 aliphatic rings. The van der Waals surface area contributed by atoms with Crippen molar-refractivity contribution in [1.29, 1.82) is 0 Å². The molecular weight excluding hydrogens is 324 g/mol. The van der Waals surface area contributed by atoms with Gasteiger partial charge in [-0.15, -0.1) is 10.2 Å². The number of rotatable bonds is 6. The monoisotopic (exact) mass is 346 g/mol. The van der Waals surface area contributed by atoms with Gasteiger partial charge in [-0.25, -0.2) is 0 Å². The Bertz CT molecular complexity index is 924. The van der Waals surface area contributed by atoms with Gasteiger partial charge < -0.3 is 5.11 Å². The molecule has 3 rings (SSSR count). The maximum Gasteiger partial charge on any atom is 0.262 e. The minimum absolute atomic E-state index is 0.0274. The SMILES string of the molecule is CCCn1c(=O)c2ccccc2n2c(SCCC(C)(C)O)nnc12. The van der Waals surface area contributed by atoms with Crippen molar-refractivity contribution in [2.75, 3.05) is 5.75 Å². The third kappa shape index (κ3) is 3.18. The van der Waals surface area contributed by atoms with Crippen LogP contribution in [-0.2, 0) is 6.54 Å². The summed E-state index contributed by atoms with van der Waals surface area (Å²) in [6.45, 7) is 6.24. The van der Waals surface area contributed by atoms with Gasteiger partial charge >= 0.3 is 0 Å². The normalized spacial score (nSPS) is 12.3. The number of nitrogens with zero attached hydrogens (tertiary/aromatic N) is 4. The molecule has 2 aromatic heterocycles. The van der Waals surface area contributed by atoms with Crippen LogP contribution in [0.2, 0.25) is 0 Å². The van der Waals surface area contributed by atoms with E-state index in [2.05, 4.69) is 10.2 Å². The van der Waals surface area contributed by atoms with E-state index in [1.165, 1.54) is 0 Å². The molecule has 0 saturated carbocycles. The molecule has 0 saturated heterocycles. The predicted octanol–water partition coefficient (Wildman–Crippen LogP) is 2.71. The van der Waals surface area contributed by atoms with Crippen molar-refractivity contribution in [3.05, 3.63) is 34.6 Å². The first-order valence-corrected chi connectivity index (χ1v) is 9.13. The lowest BCUT2D eigenvalue weighted by molar-refractivity contribution is 0.0777. The lowest BCUT2D eigenvalue weighted by atomic mass is 10.1. The number of hydrogen-bond acceptors (Lipinski definition) is 5.